The normalized spacial score (nSPS) is 13.4. The molecule has 2 amide bonds. The highest BCUT2D eigenvalue weighted by molar-refractivity contribution is 6.19. The summed E-state index contributed by atoms with van der Waals surface area (Å²) in [4.78, 5) is 32.3. The third-order valence-electron chi connectivity index (χ3n) is 4.25. The number of hydrogen-bond acceptors (Lipinski definition) is 6. The Hall–Kier alpha value is -4.33. The molecule has 29 heavy (non-hydrogen) atoms. The lowest BCUT2D eigenvalue weighted by molar-refractivity contribution is 0.0938. The van der Waals surface area contributed by atoms with Crippen molar-refractivity contribution in [3.63, 3.8) is 0 Å². The summed E-state index contributed by atoms with van der Waals surface area (Å²) in [7, 11) is 0. The summed E-state index contributed by atoms with van der Waals surface area (Å²) in [6.07, 6.45) is 7.94. The van der Waals surface area contributed by atoms with E-state index in [9.17, 15) is 9.59 Å². The molecule has 8 heteroatoms. The molecule has 0 saturated heterocycles. The van der Waals surface area contributed by atoms with Crippen molar-refractivity contribution in [2.75, 3.05) is 0 Å². The van der Waals surface area contributed by atoms with E-state index in [4.69, 9.17) is 0 Å². The first kappa shape index (κ1) is 18.1. The average molecular weight is 384 g/mol. The van der Waals surface area contributed by atoms with Crippen LogP contribution in [0.5, 0.6) is 0 Å². The number of fused-ring (bicyclic) bond motifs is 1. The zero-order chi connectivity index (χ0) is 20.1. The smallest absolute Gasteiger partial charge is 0.271 e. The van der Waals surface area contributed by atoms with Gasteiger partial charge < -0.3 is 0 Å². The maximum atomic E-state index is 12.2. The molecule has 0 spiro atoms. The van der Waals surface area contributed by atoms with E-state index >= 15 is 0 Å². The predicted molar refractivity (Wildman–Crippen MR) is 107 cm³/mol. The summed E-state index contributed by atoms with van der Waals surface area (Å²) in [5.41, 5.74) is 12.0. The lowest BCUT2D eigenvalue weighted by Crippen LogP contribution is -2.35. The first-order valence-electron chi connectivity index (χ1n) is 8.78. The average Bonchev–Trinajstić information content (AvgIpc) is 3.15. The largest absolute Gasteiger partial charge is 0.298 e. The molecule has 142 valence electrons. The van der Waals surface area contributed by atoms with Gasteiger partial charge in [-0.2, -0.15) is 5.10 Å². The van der Waals surface area contributed by atoms with Gasteiger partial charge in [0, 0.05) is 47.0 Å². The third-order valence-corrected chi connectivity index (χ3v) is 4.25. The Morgan fingerprint density at radius 2 is 1.34 bits per heavy atom. The van der Waals surface area contributed by atoms with Crippen molar-refractivity contribution in [3.05, 3.63) is 102 Å². The van der Waals surface area contributed by atoms with E-state index in [1.165, 1.54) is 0 Å². The number of carbonyl (C=O) groups excluding carboxylic acids is 2. The molecule has 0 radical (unpaired) electrons. The zero-order valence-corrected chi connectivity index (χ0v) is 15.2. The molecule has 4 rings (SSSR count). The topological polar surface area (TPSA) is 108 Å². The maximum Gasteiger partial charge on any atom is 0.271 e. The molecule has 1 aromatic carbocycles. The number of allylic oxidation sites excluding steroid dienone is 1. The molecule has 0 unspecified atom stereocenters. The fraction of sp³-hybridized carbons (Fsp3) is 0. The molecule has 0 bridgehead atoms. The Kier molecular flexibility index (Phi) is 5.06. The van der Waals surface area contributed by atoms with Crippen LogP contribution in [0.25, 0.3) is 5.70 Å². The number of nitrogens with one attached hydrogen (secondary N) is 3. The van der Waals surface area contributed by atoms with Gasteiger partial charge in [0.25, 0.3) is 11.8 Å². The van der Waals surface area contributed by atoms with Crippen molar-refractivity contribution < 1.29 is 9.59 Å². The number of benzene rings is 1. The summed E-state index contributed by atoms with van der Waals surface area (Å²) in [5.74, 6) is -0.625. The van der Waals surface area contributed by atoms with Crippen molar-refractivity contribution >= 4 is 23.2 Å². The van der Waals surface area contributed by atoms with E-state index in [2.05, 4.69) is 31.3 Å². The third kappa shape index (κ3) is 4.01. The minimum Gasteiger partial charge on any atom is -0.298 e. The predicted octanol–water partition coefficient (Wildman–Crippen LogP) is 1.90. The summed E-state index contributed by atoms with van der Waals surface area (Å²) in [6.45, 7) is 0. The van der Waals surface area contributed by atoms with E-state index in [0.29, 0.717) is 22.5 Å². The number of pyridine rings is 2. The van der Waals surface area contributed by atoms with Gasteiger partial charge in [-0.05, 0) is 30.3 Å². The first-order valence-corrected chi connectivity index (χ1v) is 8.78. The van der Waals surface area contributed by atoms with Gasteiger partial charge in [0.05, 0.1) is 11.4 Å². The lowest BCUT2D eigenvalue weighted by atomic mass is 10.1. The highest BCUT2D eigenvalue weighted by atomic mass is 16.2. The van der Waals surface area contributed by atoms with E-state index in [0.717, 1.165) is 11.1 Å². The molecule has 2 heterocycles. The zero-order valence-electron chi connectivity index (χ0n) is 15.2. The van der Waals surface area contributed by atoms with Crippen molar-refractivity contribution in [2.24, 2.45) is 5.10 Å². The second-order valence-corrected chi connectivity index (χ2v) is 6.09. The molecular weight excluding hydrogens is 368 g/mol. The Morgan fingerprint density at radius 1 is 0.759 bits per heavy atom. The van der Waals surface area contributed by atoms with E-state index in [1.54, 1.807) is 55.1 Å². The SMILES string of the molecule is O=C(N/N=C1\C=C(NNC(=O)c2ccncc2)c2ccccc21)c1ccncc1. The van der Waals surface area contributed by atoms with Crippen molar-refractivity contribution in [2.45, 2.75) is 0 Å². The molecule has 1 aliphatic rings. The maximum absolute atomic E-state index is 12.2. The second kappa shape index (κ2) is 8.13. The van der Waals surface area contributed by atoms with Crippen molar-refractivity contribution in [1.82, 2.24) is 26.2 Å². The van der Waals surface area contributed by atoms with Crippen LogP contribution in [0.4, 0.5) is 0 Å². The van der Waals surface area contributed by atoms with E-state index < -0.39 is 0 Å². The number of carbonyl (C=O) groups is 2. The molecule has 0 saturated carbocycles. The number of hydrazine groups is 1. The van der Waals surface area contributed by atoms with Gasteiger partial charge in [-0.25, -0.2) is 5.43 Å². The van der Waals surface area contributed by atoms with Gasteiger partial charge in [-0.3, -0.25) is 30.4 Å². The van der Waals surface area contributed by atoms with Crippen LogP contribution >= 0.6 is 0 Å². The van der Waals surface area contributed by atoms with Gasteiger partial charge in [0.1, 0.15) is 0 Å². The van der Waals surface area contributed by atoms with Crippen LogP contribution in [0.3, 0.4) is 0 Å². The van der Waals surface area contributed by atoms with E-state index in [-0.39, 0.29) is 11.8 Å². The summed E-state index contributed by atoms with van der Waals surface area (Å²) >= 11 is 0. The van der Waals surface area contributed by atoms with E-state index in [1.807, 2.05) is 24.3 Å². The Morgan fingerprint density at radius 3 is 2.00 bits per heavy atom. The van der Waals surface area contributed by atoms with Gasteiger partial charge in [0.15, 0.2) is 0 Å². The number of nitrogens with zero attached hydrogens (tertiary/aromatic N) is 3. The highest BCUT2D eigenvalue weighted by Gasteiger charge is 2.20. The molecule has 3 aromatic rings. The highest BCUT2D eigenvalue weighted by Crippen LogP contribution is 2.25. The fourth-order valence-electron chi connectivity index (χ4n) is 2.81. The monoisotopic (exact) mass is 384 g/mol. The van der Waals surface area contributed by atoms with Crippen molar-refractivity contribution in [3.8, 4) is 0 Å². The van der Waals surface area contributed by atoms with Crippen LogP contribution in [-0.2, 0) is 0 Å². The van der Waals surface area contributed by atoms with Crippen molar-refractivity contribution in [1.29, 1.82) is 0 Å². The number of aromatic nitrogens is 2. The Labute approximate surface area is 166 Å². The summed E-state index contributed by atoms with van der Waals surface area (Å²) in [5, 5.41) is 4.24. The Bertz CT molecular complexity index is 1110. The molecule has 0 aliphatic heterocycles. The number of hydrogen-bond donors (Lipinski definition) is 3. The van der Waals surface area contributed by atoms with Gasteiger partial charge in [-0.1, -0.05) is 24.3 Å². The molecule has 1 aliphatic carbocycles. The second-order valence-electron chi connectivity index (χ2n) is 6.09. The summed E-state index contributed by atoms with van der Waals surface area (Å²) in [6, 6.07) is 14.0. The molecular formula is C21H16N6O2. The van der Waals surface area contributed by atoms with Crippen LogP contribution in [0, 0.1) is 0 Å². The van der Waals surface area contributed by atoms with Crippen LogP contribution in [0.2, 0.25) is 0 Å². The van der Waals surface area contributed by atoms with Gasteiger partial charge in [0.2, 0.25) is 0 Å². The first-order chi connectivity index (χ1) is 14.2. The van der Waals surface area contributed by atoms with Gasteiger partial charge in [-0.15, -0.1) is 0 Å². The van der Waals surface area contributed by atoms with Crippen LogP contribution < -0.4 is 16.3 Å². The molecule has 0 fully saturated rings. The number of hydrazone groups is 1. The summed E-state index contributed by atoms with van der Waals surface area (Å²) < 4.78 is 0. The van der Waals surface area contributed by atoms with Gasteiger partial charge >= 0.3 is 0 Å². The minimum atomic E-state index is -0.335. The quantitative estimate of drug-likeness (QED) is 0.582. The van der Waals surface area contributed by atoms with Crippen LogP contribution in [-0.4, -0.2) is 27.5 Å². The van der Waals surface area contributed by atoms with Crippen LogP contribution in [0.15, 0.2) is 84.5 Å². The lowest BCUT2D eigenvalue weighted by Gasteiger charge is -2.10. The Balaban J connectivity index is 1.51. The standard InChI is InChI=1S/C21H16N6O2/c28-20(14-5-9-22-10-6-14)26-24-18-13-19(17-4-2-1-3-16(17)18)25-27-21(29)15-7-11-23-12-8-15/h1-13,24H,(H,26,28)(H,27,29)/b25-19+. The molecule has 2 aromatic heterocycles. The number of rotatable bonds is 5. The molecule has 0 atom stereocenters. The fourth-order valence-corrected chi connectivity index (χ4v) is 2.81. The number of amides is 2. The van der Waals surface area contributed by atoms with Crippen LogP contribution in [0.1, 0.15) is 31.8 Å². The molecule has 8 nitrogen and oxygen atoms in total. The molecule has 3 N–H and O–H groups in total. The minimum absolute atomic E-state index is 0.290.